The number of esters is 2. The van der Waals surface area contributed by atoms with Gasteiger partial charge in [0.05, 0.1) is 24.3 Å². The smallest absolute Gasteiger partial charge is 0.338 e. The van der Waals surface area contributed by atoms with Crippen LogP contribution < -0.4 is 0 Å². The summed E-state index contributed by atoms with van der Waals surface area (Å²) < 4.78 is 30.1. The summed E-state index contributed by atoms with van der Waals surface area (Å²) >= 11 is 0. The van der Waals surface area contributed by atoms with Crippen molar-refractivity contribution in [1.29, 1.82) is 0 Å². The van der Waals surface area contributed by atoms with Crippen LogP contribution in [0.1, 0.15) is 125 Å². The van der Waals surface area contributed by atoms with Crippen molar-refractivity contribution >= 4 is 20.3 Å². The Balaban J connectivity index is 1.73. The zero-order chi connectivity index (χ0) is 41.7. The third-order valence-corrected chi connectivity index (χ3v) is 15.4. The second-order valence-electron chi connectivity index (χ2n) is 16.4. The molecule has 0 spiro atoms. The molecule has 0 aliphatic carbocycles. The van der Waals surface area contributed by atoms with Gasteiger partial charge in [-0.3, -0.25) is 0 Å². The van der Waals surface area contributed by atoms with Gasteiger partial charge in [-0.2, -0.15) is 0 Å². The summed E-state index contributed by atoms with van der Waals surface area (Å²) in [6.07, 6.45) is 9.86. The molecule has 1 aliphatic rings. The Hall–Kier alpha value is -3.55. The molecule has 1 aliphatic heterocycles. The fraction of sp³-hybridized carbons (Fsp3) is 0.636. The van der Waals surface area contributed by atoms with Gasteiger partial charge in [-0.25, -0.2) is 9.59 Å². The van der Waals surface area contributed by atoms with Crippen molar-refractivity contribution in [3.05, 3.63) is 94.4 Å². The van der Waals surface area contributed by atoms with Gasteiger partial charge < -0.3 is 33.6 Å². The molecule has 2 aromatic carbocycles. The van der Waals surface area contributed by atoms with Crippen LogP contribution >= 0.6 is 0 Å². The molecule has 2 N–H and O–H groups in total. The number of nitrogens with zero attached hydrogens (tertiary/aromatic N) is 3. The molecule has 0 radical (unpaired) electrons. The summed E-state index contributed by atoms with van der Waals surface area (Å²) in [6, 6.07) is 15.7. The molecule has 0 saturated carbocycles. The molecule has 316 valence electrons. The highest BCUT2D eigenvalue weighted by Crippen LogP contribution is 2.37. The maximum absolute atomic E-state index is 13.2. The molecule has 12 nitrogen and oxygen atoms in total. The first kappa shape index (κ1) is 47.8. The van der Waals surface area contributed by atoms with Crippen molar-refractivity contribution in [2.24, 2.45) is 5.11 Å². The first-order chi connectivity index (χ1) is 27.3. The quantitative estimate of drug-likeness (QED) is 0.0189. The molecular formula is C44H67N3O9Si. The normalized spacial score (nSPS) is 21.1. The lowest BCUT2D eigenvalue weighted by atomic mass is 9.98. The van der Waals surface area contributed by atoms with Crippen LogP contribution in [0.15, 0.2) is 77.9 Å². The van der Waals surface area contributed by atoms with E-state index in [1.165, 1.54) is 51.4 Å². The maximum atomic E-state index is 13.2. The van der Waals surface area contributed by atoms with Crippen molar-refractivity contribution in [3.8, 4) is 0 Å². The summed E-state index contributed by atoms with van der Waals surface area (Å²) in [5, 5.41) is 26.7. The molecular weight excluding hydrogens is 743 g/mol. The number of aliphatic hydroxyl groups excluding tert-OH is 2. The Morgan fingerprint density at radius 2 is 1.40 bits per heavy atom. The van der Waals surface area contributed by atoms with E-state index < -0.39 is 63.1 Å². The van der Waals surface area contributed by atoms with Crippen LogP contribution in [-0.2, 0) is 23.4 Å². The van der Waals surface area contributed by atoms with Crippen LogP contribution in [-0.4, -0.2) is 86.5 Å². The predicted molar refractivity (Wildman–Crippen MR) is 224 cm³/mol. The molecule has 0 unspecified atom stereocenters. The zero-order valence-electron chi connectivity index (χ0n) is 35.0. The lowest BCUT2D eigenvalue weighted by molar-refractivity contribution is -0.300. The number of azide groups is 1. The van der Waals surface area contributed by atoms with Gasteiger partial charge in [0.2, 0.25) is 0 Å². The number of rotatable bonds is 25. The molecule has 1 saturated heterocycles. The van der Waals surface area contributed by atoms with E-state index in [4.69, 9.17) is 23.4 Å². The SMILES string of the molecule is CCCCCCCCCCCCC/C=C/[C@@H](OC(=O)c1ccccc1)[C@H](CO[C@H]1O[C@H](CO[Si](C)(C)C(C)(C)C)[C@@H](O)[C@H](OC(=O)c2ccccc2)[C@@H]1O)N=[N+]=[N-]. The van der Waals surface area contributed by atoms with Crippen molar-refractivity contribution in [1.82, 2.24) is 0 Å². The Morgan fingerprint density at radius 1 is 0.860 bits per heavy atom. The highest BCUT2D eigenvalue weighted by molar-refractivity contribution is 6.74. The summed E-state index contributed by atoms with van der Waals surface area (Å²) in [7, 11) is -2.32. The molecule has 3 rings (SSSR count). The van der Waals surface area contributed by atoms with E-state index in [-0.39, 0.29) is 23.8 Å². The van der Waals surface area contributed by atoms with E-state index in [1.807, 2.05) is 6.08 Å². The standard InChI is InChI=1S/C44H67N3O9Si/c1-7-8-9-10-11-12-13-14-15-16-17-18-25-30-36(54-41(50)33-26-21-19-22-27-33)35(46-47-45)31-52-43-39(49)40(56-42(51)34-28-23-20-24-29-34)38(48)37(55-43)32-53-57(5,6)44(2,3)4/h19-30,35-40,43,48-49H,7-18,31-32H2,1-6H3/b30-25+/t35-,36+,37+,38+,39-,40-,43-/m0/s1. The summed E-state index contributed by atoms with van der Waals surface area (Å²) in [5.41, 5.74) is 10.2. The average molecular weight is 810 g/mol. The van der Waals surface area contributed by atoms with Crippen LogP contribution in [0, 0.1) is 0 Å². The fourth-order valence-electron chi connectivity index (χ4n) is 6.21. The second kappa shape index (κ2) is 25.0. The third-order valence-electron chi connectivity index (χ3n) is 10.9. The fourth-order valence-corrected chi connectivity index (χ4v) is 7.23. The molecule has 13 heteroatoms. The minimum Gasteiger partial charge on any atom is -0.454 e. The van der Waals surface area contributed by atoms with E-state index in [0.29, 0.717) is 5.56 Å². The molecule has 1 fully saturated rings. The van der Waals surface area contributed by atoms with Gasteiger partial charge in [0.15, 0.2) is 20.7 Å². The van der Waals surface area contributed by atoms with Crippen molar-refractivity contribution in [3.63, 3.8) is 0 Å². The Kier molecular flexibility index (Phi) is 21.0. The number of unbranched alkanes of at least 4 members (excludes halogenated alkanes) is 11. The van der Waals surface area contributed by atoms with Crippen LogP contribution in [0.2, 0.25) is 18.1 Å². The number of carbonyl (C=O) groups is 2. The van der Waals surface area contributed by atoms with Gasteiger partial charge in [0.1, 0.15) is 30.5 Å². The van der Waals surface area contributed by atoms with Crippen LogP contribution in [0.3, 0.4) is 0 Å². The van der Waals surface area contributed by atoms with Gasteiger partial charge in [-0.05, 0) is 66.8 Å². The van der Waals surface area contributed by atoms with Gasteiger partial charge in [-0.15, -0.1) is 0 Å². The van der Waals surface area contributed by atoms with Crippen molar-refractivity contribution in [2.75, 3.05) is 13.2 Å². The van der Waals surface area contributed by atoms with Crippen molar-refractivity contribution < 1.29 is 43.2 Å². The molecule has 7 atom stereocenters. The Bertz CT molecular complexity index is 1530. The largest absolute Gasteiger partial charge is 0.454 e. The Morgan fingerprint density at radius 3 is 1.95 bits per heavy atom. The second-order valence-corrected chi connectivity index (χ2v) is 21.2. The van der Waals surface area contributed by atoms with E-state index in [2.05, 4.69) is 50.8 Å². The molecule has 2 aromatic rings. The highest BCUT2D eigenvalue weighted by atomic mass is 28.4. The molecule has 0 bridgehead atoms. The van der Waals surface area contributed by atoms with Gasteiger partial charge >= 0.3 is 11.9 Å². The summed E-state index contributed by atoms with van der Waals surface area (Å²) in [4.78, 5) is 29.4. The van der Waals surface area contributed by atoms with E-state index in [9.17, 15) is 25.3 Å². The van der Waals surface area contributed by atoms with E-state index in [1.54, 1.807) is 66.7 Å². The predicted octanol–water partition coefficient (Wildman–Crippen LogP) is 9.86. The van der Waals surface area contributed by atoms with Crippen LogP contribution in [0.25, 0.3) is 10.4 Å². The Labute approximate surface area is 341 Å². The maximum Gasteiger partial charge on any atom is 0.338 e. The molecule has 0 amide bonds. The number of allylic oxidation sites excluding steroid dienone is 1. The zero-order valence-corrected chi connectivity index (χ0v) is 36.0. The number of aliphatic hydroxyl groups is 2. The van der Waals surface area contributed by atoms with Crippen molar-refractivity contribution in [2.45, 2.75) is 166 Å². The molecule has 57 heavy (non-hydrogen) atoms. The number of benzene rings is 2. The number of ether oxygens (including phenoxy) is 4. The number of carbonyl (C=O) groups excluding carboxylic acids is 2. The highest BCUT2D eigenvalue weighted by Gasteiger charge is 2.49. The van der Waals surface area contributed by atoms with E-state index >= 15 is 0 Å². The lowest BCUT2D eigenvalue weighted by Gasteiger charge is -2.44. The van der Waals surface area contributed by atoms with Gasteiger partial charge in [0.25, 0.3) is 0 Å². The summed E-state index contributed by atoms with van der Waals surface area (Å²) in [6.45, 7) is 12.2. The molecule has 1 heterocycles. The minimum atomic E-state index is -2.32. The van der Waals surface area contributed by atoms with E-state index in [0.717, 1.165) is 25.7 Å². The van der Waals surface area contributed by atoms with Crippen LogP contribution in [0.5, 0.6) is 0 Å². The number of hydrogen-bond donors (Lipinski definition) is 2. The monoisotopic (exact) mass is 809 g/mol. The van der Waals surface area contributed by atoms with Crippen LogP contribution in [0.4, 0.5) is 0 Å². The first-order valence-corrected chi connectivity index (χ1v) is 23.7. The topological polar surface area (TPSA) is 170 Å². The average Bonchev–Trinajstić information content (AvgIpc) is 3.19. The minimum absolute atomic E-state index is 0.0531. The lowest BCUT2D eigenvalue weighted by Crippen LogP contribution is -2.61. The summed E-state index contributed by atoms with van der Waals surface area (Å²) in [5.74, 6) is -1.35. The van der Waals surface area contributed by atoms with Gasteiger partial charge in [-0.1, -0.05) is 139 Å². The first-order valence-electron chi connectivity index (χ1n) is 20.8. The van der Waals surface area contributed by atoms with Gasteiger partial charge in [0, 0.05) is 4.91 Å². The third kappa shape index (κ3) is 16.3. The number of hydrogen-bond acceptors (Lipinski definition) is 10. The molecule has 0 aromatic heterocycles.